The minimum absolute atomic E-state index is 0.0848. The second-order valence-corrected chi connectivity index (χ2v) is 9.97. The lowest BCUT2D eigenvalue weighted by Gasteiger charge is -2.11. The number of imidazole rings is 1. The molecule has 168 valence electrons. The second kappa shape index (κ2) is 8.45. The third kappa shape index (κ3) is 4.27. The van der Waals surface area contributed by atoms with Gasteiger partial charge in [0.25, 0.3) is 15.2 Å². The molecular weight excluding hydrogens is 460 g/mol. The van der Waals surface area contributed by atoms with Crippen molar-refractivity contribution in [2.24, 2.45) is 0 Å². The number of anilines is 1. The maximum Gasteiger partial charge on any atom is 0.262 e. The summed E-state index contributed by atoms with van der Waals surface area (Å²) in [5.74, 6) is 1.01. The van der Waals surface area contributed by atoms with Crippen molar-refractivity contribution in [2.45, 2.75) is 22.8 Å². The van der Waals surface area contributed by atoms with Crippen LogP contribution in [0, 0.1) is 6.92 Å². The van der Waals surface area contributed by atoms with Crippen LogP contribution in [0.3, 0.4) is 0 Å². The van der Waals surface area contributed by atoms with E-state index in [1.54, 1.807) is 30.3 Å². The van der Waals surface area contributed by atoms with E-state index in [0.717, 1.165) is 16.9 Å². The van der Waals surface area contributed by atoms with Crippen LogP contribution in [0.15, 0.2) is 81.5 Å². The van der Waals surface area contributed by atoms with E-state index in [1.807, 2.05) is 35.9 Å². The van der Waals surface area contributed by atoms with Gasteiger partial charge < -0.3 is 13.6 Å². The molecule has 2 aromatic carbocycles. The fraction of sp³-hybridized carbons (Fsp3) is 0.130. The molecule has 33 heavy (non-hydrogen) atoms. The van der Waals surface area contributed by atoms with Gasteiger partial charge in [0.1, 0.15) is 16.9 Å². The van der Waals surface area contributed by atoms with E-state index in [-0.39, 0.29) is 4.90 Å². The number of aryl methyl sites for hydroxylation is 1. The molecule has 0 atom stereocenters. The molecule has 0 aliphatic carbocycles. The van der Waals surface area contributed by atoms with Crippen LogP contribution in [-0.4, -0.2) is 29.9 Å². The number of sulfonamides is 1. The molecule has 0 bridgehead atoms. The Bertz CT molecular complexity index is 1570. The number of benzene rings is 2. The first-order chi connectivity index (χ1) is 15.9. The maximum absolute atomic E-state index is 12.9. The summed E-state index contributed by atoms with van der Waals surface area (Å²) >= 11 is 1.41. The Morgan fingerprint density at radius 1 is 1.12 bits per heavy atom. The Labute approximate surface area is 194 Å². The van der Waals surface area contributed by atoms with Gasteiger partial charge in [0.15, 0.2) is 5.58 Å². The first-order valence-electron chi connectivity index (χ1n) is 10.1. The van der Waals surface area contributed by atoms with Crippen LogP contribution in [0.2, 0.25) is 0 Å². The van der Waals surface area contributed by atoms with E-state index in [1.165, 1.54) is 31.0 Å². The van der Waals surface area contributed by atoms with Gasteiger partial charge in [-0.15, -0.1) is 0 Å². The normalized spacial score (nSPS) is 11.8. The molecule has 3 heterocycles. The Balaban J connectivity index is 1.36. The molecule has 0 aliphatic heterocycles. The monoisotopic (exact) mass is 480 g/mol. The van der Waals surface area contributed by atoms with Crippen molar-refractivity contribution in [3.8, 4) is 5.75 Å². The number of thioether (sulfide) groups is 1. The number of fused-ring (bicyclic) bond motifs is 2. The highest BCUT2D eigenvalue weighted by Crippen LogP contribution is 2.30. The van der Waals surface area contributed by atoms with Crippen molar-refractivity contribution in [2.75, 3.05) is 11.8 Å². The van der Waals surface area contributed by atoms with Gasteiger partial charge >= 0.3 is 0 Å². The number of aromatic nitrogens is 3. The van der Waals surface area contributed by atoms with Crippen LogP contribution in [-0.2, 0) is 15.8 Å². The lowest BCUT2D eigenvalue weighted by molar-refractivity contribution is 0.417. The highest BCUT2D eigenvalue weighted by atomic mass is 32.2. The van der Waals surface area contributed by atoms with Gasteiger partial charge in [0.05, 0.1) is 23.4 Å². The van der Waals surface area contributed by atoms with Gasteiger partial charge in [-0.3, -0.25) is 4.72 Å². The highest BCUT2D eigenvalue weighted by Gasteiger charge is 2.19. The molecule has 5 rings (SSSR count). The molecular formula is C23H20N4O4S2. The van der Waals surface area contributed by atoms with Gasteiger partial charge in [0, 0.05) is 18.1 Å². The number of nitrogens with zero attached hydrogens (tertiary/aromatic N) is 3. The smallest absolute Gasteiger partial charge is 0.262 e. The van der Waals surface area contributed by atoms with E-state index in [2.05, 4.69) is 14.7 Å². The van der Waals surface area contributed by atoms with Crippen molar-refractivity contribution >= 4 is 44.2 Å². The number of para-hydroxylation sites is 2. The number of nitrogens with one attached hydrogen (secondary N) is 1. The van der Waals surface area contributed by atoms with Crippen LogP contribution < -0.4 is 9.46 Å². The lowest BCUT2D eigenvalue weighted by Crippen LogP contribution is -2.13. The summed E-state index contributed by atoms with van der Waals surface area (Å²) in [7, 11) is -2.35. The zero-order valence-corrected chi connectivity index (χ0v) is 19.5. The topological polar surface area (TPSA) is 98.7 Å². The lowest BCUT2D eigenvalue weighted by atomic mass is 10.3. The molecule has 3 aromatic heterocycles. The maximum atomic E-state index is 12.9. The zero-order chi connectivity index (χ0) is 23.0. The van der Waals surface area contributed by atoms with E-state index in [0.29, 0.717) is 33.5 Å². The largest absolute Gasteiger partial charge is 0.495 e. The van der Waals surface area contributed by atoms with Crippen LogP contribution >= 0.6 is 11.8 Å². The fourth-order valence-corrected chi connectivity index (χ4v) is 5.27. The van der Waals surface area contributed by atoms with Crippen LogP contribution in [0.1, 0.15) is 11.3 Å². The molecule has 0 aliphatic rings. The van der Waals surface area contributed by atoms with Gasteiger partial charge in [-0.25, -0.2) is 18.4 Å². The first-order valence-corrected chi connectivity index (χ1v) is 12.5. The quantitative estimate of drug-likeness (QED) is 0.331. The SMILES string of the molecule is COc1ccccc1NS(=O)(=O)c1ccc2oc(SCc3cn4cccc(C)c4n3)nc2c1. The summed E-state index contributed by atoms with van der Waals surface area (Å²) in [5.41, 5.74) is 4.26. The van der Waals surface area contributed by atoms with Gasteiger partial charge in [-0.1, -0.05) is 30.0 Å². The number of hydrogen-bond donors (Lipinski definition) is 1. The molecule has 5 aromatic rings. The van der Waals surface area contributed by atoms with E-state index < -0.39 is 10.0 Å². The standard InChI is InChI=1S/C23H20N4O4S2/c1-15-6-5-11-27-13-16(24-22(15)27)14-32-23-25-19-12-17(9-10-21(19)31-23)33(28,29)26-18-7-3-4-8-20(18)30-2/h3-13,26H,14H2,1-2H3. The average molecular weight is 481 g/mol. The van der Waals surface area contributed by atoms with Crippen LogP contribution in [0.5, 0.6) is 5.75 Å². The Hall–Kier alpha value is -3.50. The summed E-state index contributed by atoms with van der Waals surface area (Å²) in [6.07, 6.45) is 3.94. The number of rotatable bonds is 7. The molecule has 8 nitrogen and oxygen atoms in total. The Kier molecular flexibility index (Phi) is 5.47. The van der Waals surface area contributed by atoms with Crippen molar-refractivity contribution in [3.63, 3.8) is 0 Å². The van der Waals surface area contributed by atoms with Crippen molar-refractivity contribution < 1.29 is 17.6 Å². The Morgan fingerprint density at radius 3 is 2.79 bits per heavy atom. The number of ether oxygens (including phenoxy) is 1. The number of pyridine rings is 1. The first kappa shape index (κ1) is 21.4. The summed E-state index contributed by atoms with van der Waals surface area (Å²) in [5, 5.41) is 0.450. The summed E-state index contributed by atoms with van der Waals surface area (Å²) in [4.78, 5) is 9.20. The molecule has 0 saturated carbocycles. The van der Waals surface area contributed by atoms with Crippen molar-refractivity contribution in [1.29, 1.82) is 0 Å². The molecule has 1 N–H and O–H groups in total. The summed E-state index contributed by atoms with van der Waals surface area (Å²) in [6, 6.07) is 15.4. The molecule has 0 spiro atoms. The van der Waals surface area contributed by atoms with E-state index in [4.69, 9.17) is 9.15 Å². The summed E-state index contributed by atoms with van der Waals surface area (Å²) in [6.45, 7) is 2.02. The molecule has 0 radical (unpaired) electrons. The molecule has 10 heteroatoms. The molecule has 0 saturated heterocycles. The van der Waals surface area contributed by atoms with E-state index >= 15 is 0 Å². The highest BCUT2D eigenvalue weighted by molar-refractivity contribution is 7.98. The molecule has 0 fully saturated rings. The molecule has 0 unspecified atom stereocenters. The third-order valence-corrected chi connectivity index (χ3v) is 7.30. The zero-order valence-electron chi connectivity index (χ0n) is 17.8. The average Bonchev–Trinajstić information content (AvgIpc) is 3.41. The molecule has 0 amide bonds. The van der Waals surface area contributed by atoms with Gasteiger partial charge in [0.2, 0.25) is 0 Å². The summed E-state index contributed by atoms with van der Waals surface area (Å²) < 4.78 is 41.4. The minimum Gasteiger partial charge on any atom is -0.495 e. The second-order valence-electron chi connectivity index (χ2n) is 7.36. The third-order valence-electron chi connectivity index (χ3n) is 5.07. The minimum atomic E-state index is -3.83. The Morgan fingerprint density at radius 2 is 1.97 bits per heavy atom. The van der Waals surface area contributed by atoms with Gasteiger partial charge in [-0.05, 0) is 48.9 Å². The van der Waals surface area contributed by atoms with Crippen molar-refractivity contribution in [1.82, 2.24) is 14.4 Å². The number of oxazole rings is 1. The van der Waals surface area contributed by atoms with Crippen LogP contribution in [0.4, 0.5) is 5.69 Å². The van der Waals surface area contributed by atoms with Crippen molar-refractivity contribution in [3.05, 3.63) is 78.2 Å². The van der Waals surface area contributed by atoms with Crippen LogP contribution in [0.25, 0.3) is 16.7 Å². The fourth-order valence-electron chi connectivity index (χ4n) is 3.46. The predicted molar refractivity (Wildman–Crippen MR) is 127 cm³/mol. The number of hydrogen-bond acceptors (Lipinski definition) is 7. The predicted octanol–water partition coefficient (Wildman–Crippen LogP) is 4.89. The van der Waals surface area contributed by atoms with E-state index in [9.17, 15) is 8.42 Å². The van der Waals surface area contributed by atoms with Gasteiger partial charge in [-0.2, -0.15) is 0 Å². The number of methoxy groups -OCH3 is 1.